The summed E-state index contributed by atoms with van der Waals surface area (Å²) < 4.78 is 24.1. The summed E-state index contributed by atoms with van der Waals surface area (Å²) in [5.74, 6) is 0.606. The Labute approximate surface area is 103 Å². The number of nitrogens with two attached hydrogens (primary N) is 1. The van der Waals surface area contributed by atoms with E-state index in [1.165, 1.54) is 4.57 Å². The van der Waals surface area contributed by atoms with E-state index >= 15 is 0 Å². The number of hydrogen-bond acceptors (Lipinski definition) is 5. The molecule has 92 valence electrons. The monoisotopic (exact) mass is 272 g/mol. The largest absolute Gasteiger partial charge is 0.301 e. The Morgan fingerprint density at radius 1 is 1.47 bits per heavy atom. The van der Waals surface area contributed by atoms with Crippen molar-refractivity contribution in [2.75, 3.05) is 0 Å². The van der Waals surface area contributed by atoms with Crippen molar-refractivity contribution in [3.8, 4) is 0 Å². The van der Waals surface area contributed by atoms with Crippen LogP contribution in [0.2, 0.25) is 0 Å². The van der Waals surface area contributed by atoms with Crippen LogP contribution in [0.1, 0.15) is 18.3 Å². The predicted octanol–water partition coefficient (Wildman–Crippen LogP) is 0.598. The summed E-state index contributed by atoms with van der Waals surface area (Å²) in [7, 11) is -3.81. The van der Waals surface area contributed by atoms with Crippen molar-refractivity contribution in [1.82, 2.24) is 14.8 Å². The minimum absolute atomic E-state index is 0.176. The van der Waals surface area contributed by atoms with Gasteiger partial charge in [-0.3, -0.25) is 0 Å². The second kappa shape index (κ2) is 4.55. The van der Waals surface area contributed by atoms with Crippen LogP contribution < -0.4 is 5.14 Å². The van der Waals surface area contributed by atoms with E-state index in [9.17, 15) is 8.42 Å². The predicted molar refractivity (Wildman–Crippen MR) is 64.2 cm³/mol. The van der Waals surface area contributed by atoms with E-state index < -0.39 is 10.0 Å². The average Bonchev–Trinajstić information content (AvgIpc) is 2.85. The van der Waals surface area contributed by atoms with Gasteiger partial charge in [-0.25, -0.2) is 13.6 Å². The first kappa shape index (κ1) is 12.2. The summed E-state index contributed by atoms with van der Waals surface area (Å²) in [6, 6.07) is 1.97. The first-order chi connectivity index (χ1) is 8.02. The van der Waals surface area contributed by atoms with Crippen molar-refractivity contribution >= 4 is 21.4 Å². The van der Waals surface area contributed by atoms with Gasteiger partial charge in [0, 0.05) is 13.0 Å². The molecule has 0 aliphatic carbocycles. The summed E-state index contributed by atoms with van der Waals surface area (Å²) in [5, 5.41) is 16.4. The number of nitrogens with zero attached hydrogens (tertiary/aromatic N) is 3. The minimum atomic E-state index is -3.81. The molecule has 0 saturated carbocycles. The maximum atomic E-state index is 11.3. The normalized spacial score (nSPS) is 11.9. The van der Waals surface area contributed by atoms with Crippen LogP contribution in [0.15, 0.2) is 22.0 Å². The molecule has 0 aromatic carbocycles. The molecule has 0 aliphatic rings. The third kappa shape index (κ3) is 2.54. The van der Waals surface area contributed by atoms with Crippen LogP contribution in [0.5, 0.6) is 0 Å². The fraction of sp³-hybridized carbons (Fsp3) is 0.333. The Hall–Kier alpha value is -1.25. The van der Waals surface area contributed by atoms with Crippen molar-refractivity contribution in [2.45, 2.75) is 25.0 Å². The summed E-state index contributed by atoms with van der Waals surface area (Å²) >= 11 is 1.58. The van der Waals surface area contributed by atoms with E-state index in [1.807, 2.05) is 23.8 Å². The lowest BCUT2D eigenvalue weighted by Gasteiger charge is -2.04. The van der Waals surface area contributed by atoms with Crippen LogP contribution >= 0.6 is 11.3 Å². The second-order valence-electron chi connectivity index (χ2n) is 3.50. The minimum Gasteiger partial charge on any atom is -0.301 e. The van der Waals surface area contributed by atoms with Gasteiger partial charge < -0.3 is 4.57 Å². The van der Waals surface area contributed by atoms with Crippen molar-refractivity contribution in [1.29, 1.82) is 0 Å². The lowest BCUT2D eigenvalue weighted by molar-refractivity contribution is 0.565. The smallest absolute Gasteiger partial charge is 0.273 e. The fourth-order valence-electron chi connectivity index (χ4n) is 1.55. The van der Waals surface area contributed by atoms with Crippen LogP contribution in [-0.4, -0.2) is 23.2 Å². The Kier molecular flexibility index (Phi) is 3.27. The van der Waals surface area contributed by atoms with Gasteiger partial charge in [0.05, 0.1) is 0 Å². The fourth-order valence-corrected chi connectivity index (χ4v) is 2.92. The molecule has 2 rings (SSSR count). The van der Waals surface area contributed by atoms with Gasteiger partial charge in [-0.15, -0.1) is 10.2 Å². The van der Waals surface area contributed by atoms with E-state index in [0.717, 1.165) is 5.56 Å². The van der Waals surface area contributed by atoms with Gasteiger partial charge in [0.25, 0.3) is 15.2 Å². The van der Waals surface area contributed by atoms with Gasteiger partial charge in [-0.2, -0.15) is 11.3 Å². The highest BCUT2D eigenvalue weighted by atomic mass is 32.2. The van der Waals surface area contributed by atoms with E-state index in [1.54, 1.807) is 11.3 Å². The van der Waals surface area contributed by atoms with Crippen LogP contribution in [0.4, 0.5) is 0 Å². The molecular formula is C9H12N4O2S2. The SMILES string of the molecule is CCn1c(Cc2ccsc2)nnc1S(N)(=O)=O. The van der Waals surface area contributed by atoms with E-state index in [2.05, 4.69) is 10.2 Å². The summed E-state index contributed by atoms with van der Waals surface area (Å²) in [6.07, 6.45) is 0.555. The summed E-state index contributed by atoms with van der Waals surface area (Å²) in [4.78, 5) is 0. The van der Waals surface area contributed by atoms with Gasteiger partial charge in [0.15, 0.2) is 0 Å². The summed E-state index contributed by atoms with van der Waals surface area (Å²) in [6.45, 7) is 2.30. The number of aromatic nitrogens is 3. The molecule has 0 unspecified atom stereocenters. The van der Waals surface area contributed by atoms with Crippen LogP contribution in [-0.2, 0) is 23.0 Å². The van der Waals surface area contributed by atoms with E-state index in [4.69, 9.17) is 5.14 Å². The Balaban J connectivity index is 2.40. The lowest BCUT2D eigenvalue weighted by Crippen LogP contribution is -2.19. The molecule has 2 aromatic rings. The molecule has 6 nitrogen and oxygen atoms in total. The highest BCUT2D eigenvalue weighted by molar-refractivity contribution is 7.89. The molecule has 2 aromatic heterocycles. The molecule has 8 heteroatoms. The maximum Gasteiger partial charge on any atom is 0.273 e. The number of sulfonamides is 1. The molecule has 2 N–H and O–H groups in total. The second-order valence-corrected chi connectivity index (χ2v) is 5.73. The zero-order valence-corrected chi connectivity index (χ0v) is 10.8. The molecule has 0 fully saturated rings. The molecule has 17 heavy (non-hydrogen) atoms. The Morgan fingerprint density at radius 3 is 2.76 bits per heavy atom. The quantitative estimate of drug-likeness (QED) is 0.882. The number of rotatable bonds is 4. The van der Waals surface area contributed by atoms with Crippen LogP contribution in [0, 0.1) is 0 Å². The molecule has 0 atom stereocenters. The first-order valence-electron chi connectivity index (χ1n) is 4.98. The molecule has 0 saturated heterocycles. The third-order valence-electron chi connectivity index (χ3n) is 2.31. The van der Waals surface area contributed by atoms with Crippen molar-refractivity contribution in [3.05, 3.63) is 28.2 Å². The lowest BCUT2D eigenvalue weighted by atomic mass is 10.2. The number of hydrogen-bond donors (Lipinski definition) is 1. The van der Waals surface area contributed by atoms with Crippen LogP contribution in [0.3, 0.4) is 0 Å². The standard InChI is InChI=1S/C9H12N4O2S2/c1-2-13-8(5-7-3-4-16-6-7)11-12-9(13)17(10,14)15/h3-4,6H,2,5H2,1H3,(H2,10,14,15). The third-order valence-corrected chi connectivity index (χ3v) is 3.85. The average molecular weight is 272 g/mol. The Bertz CT molecular complexity index is 601. The number of thiophene rings is 1. The van der Waals surface area contributed by atoms with Gasteiger partial charge in [0.2, 0.25) is 0 Å². The Morgan fingerprint density at radius 2 is 2.24 bits per heavy atom. The van der Waals surface area contributed by atoms with Crippen molar-refractivity contribution < 1.29 is 8.42 Å². The molecule has 0 aliphatic heterocycles. The van der Waals surface area contributed by atoms with Gasteiger partial charge in [0.1, 0.15) is 5.82 Å². The van der Waals surface area contributed by atoms with Gasteiger partial charge in [-0.05, 0) is 29.3 Å². The van der Waals surface area contributed by atoms with Crippen molar-refractivity contribution in [3.63, 3.8) is 0 Å². The van der Waals surface area contributed by atoms with Gasteiger partial charge in [-0.1, -0.05) is 0 Å². The first-order valence-corrected chi connectivity index (χ1v) is 7.47. The molecule has 0 bridgehead atoms. The van der Waals surface area contributed by atoms with Gasteiger partial charge >= 0.3 is 0 Å². The zero-order chi connectivity index (χ0) is 12.5. The molecule has 0 amide bonds. The molecule has 2 heterocycles. The maximum absolute atomic E-state index is 11.3. The molecule has 0 radical (unpaired) electrons. The molecular weight excluding hydrogens is 260 g/mol. The molecule has 0 spiro atoms. The van der Waals surface area contributed by atoms with E-state index in [0.29, 0.717) is 18.8 Å². The number of primary sulfonamides is 1. The van der Waals surface area contributed by atoms with Crippen molar-refractivity contribution in [2.24, 2.45) is 5.14 Å². The zero-order valence-electron chi connectivity index (χ0n) is 9.20. The highest BCUT2D eigenvalue weighted by Gasteiger charge is 2.20. The highest BCUT2D eigenvalue weighted by Crippen LogP contribution is 2.14. The topological polar surface area (TPSA) is 90.9 Å². The summed E-state index contributed by atoms with van der Waals surface area (Å²) in [5.41, 5.74) is 1.08. The van der Waals surface area contributed by atoms with Crippen LogP contribution in [0.25, 0.3) is 0 Å². The van der Waals surface area contributed by atoms with E-state index in [-0.39, 0.29) is 5.16 Å².